The second kappa shape index (κ2) is 8.42. The predicted molar refractivity (Wildman–Crippen MR) is 120 cm³/mol. The van der Waals surface area contributed by atoms with Crippen molar-refractivity contribution >= 4 is 67.6 Å². The molecule has 3 aromatic heterocycles. The second-order valence-electron chi connectivity index (χ2n) is 5.94. The van der Waals surface area contributed by atoms with Gasteiger partial charge in [-0.2, -0.15) is 11.3 Å². The molecule has 3 heterocycles. The van der Waals surface area contributed by atoms with Gasteiger partial charge in [-0.25, -0.2) is 0 Å². The molecule has 2 N–H and O–H groups in total. The number of aryl methyl sites for hydroxylation is 1. The van der Waals surface area contributed by atoms with Gasteiger partial charge in [0, 0.05) is 10.9 Å². The van der Waals surface area contributed by atoms with E-state index in [2.05, 4.69) is 20.8 Å². The number of thiophene rings is 2. The van der Waals surface area contributed by atoms with Crippen LogP contribution in [0.5, 0.6) is 0 Å². The van der Waals surface area contributed by atoms with Crippen molar-refractivity contribution < 1.29 is 9.59 Å². The molecular weight excluding hydrogens is 448 g/mol. The number of rotatable bonds is 5. The number of nitrogens with zero attached hydrogens (tertiary/aromatic N) is 2. The number of aromatic nitrogens is 2. The fourth-order valence-electron chi connectivity index (χ4n) is 2.52. The lowest BCUT2D eigenvalue weighted by Gasteiger charge is -2.04. The first kappa shape index (κ1) is 19.7. The highest BCUT2D eigenvalue weighted by Crippen LogP contribution is 2.31. The summed E-state index contributed by atoms with van der Waals surface area (Å²) in [5, 5.41) is 19.7. The van der Waals surface area contributed by atoms with Gasteiger partial charge in [0.2, 0.25) is 5.13 Å². The van der Waals surface area contributed by atoms with Gasteiger partial charge < -0.3 is 5.32 Å². The largest absolute Gasteiger partial charge is 0.313 e. The molecule has 29 heavy (non-hydrogen) atoms. The van der Waals surface area contributed by atoms with E-state index < -0.39 is 0 Å². The molecule has 2 amide bonds. The molecule has 0 bridgehead atoms. The van der Waals surface area contributed by atoms with Gasteiger partial charge in [0.15, 0.2) is 0 Å². The summed E-state index contributed by atoms with van der Waals surface area (Å²) in [6, 6.07) is 10.5. The molecule has 146 valence electrons. The molecule has 0 aliphatic carbocycles. The fraction of sp³-hybridized carbons (Fsp3) is 0.0526. The Bertz CT molecular complexity index is 1180. The Hall–Kier alpha value is -2.59. The molecule has 0 unspecified atom stereocenters. The van der Waals surface area contributed by atoms with Gasteiger partial charge in [-0.1, -0.05) is 35.1 Å². The highest BCUT2D eigenvalue weighted by molar-refractivity contribution is 7.20. The summed E-state index contributed by atoms with van der Waals surface area (Å²) in [6.45, 7) is 1.81. The predicted octanol–water partition coefficient (Wildman–Crippen LogP) is 5.79. The van der Waals surface area contributed by atoms with E-state index in [1.54, 1.807) is 41.7 Å². The Morgan fingerprint density at radius 3 is 2.62 bits per heavy atom. The molecule has 0 atom stereocenters. The SMILES string of the molecule is Cc1cc(NC(=O)c2ccccc2Cl)sc1C(=O)Nc1nnc(-c2ccsc2)s1. The lowest BCUT2D eigenvalue weighted by atomic mass is 10.2. The van der Waals surface area contributed by atoms with Gasteiger partial charge in [-0.3, -0.25) is 14.9 Å². The van der Waals surface area contributed by atoms with Gasteiger partial charge >= 0.3 is 0 Å². The third-order valence-electron chi connectivity index (χ3n) is 3.89. The second-order valence-corrected chi connectivity index (χ2v) is 9.15. The minimum Gasteiger partial charge on any atom is -0.313 e. The maximum atomic E-state index is 12.7. The zero-order valence-corrected chi connectivity index (χ0v) is 18.1. The number of benzene rings is 1. The number of amides is 2. The first-order valence-electron chi connectivity index (χ1n) is 8.35. The van der Waals surface area contributed by atoms with Crippen molar-refractivity contribution in [3.05, 3.63) is 68.2 Å². The van der Waals surface area contributed by atoms with Crippen molar-refractivity contribution in [1.29, 1.82) is 0 Å². The molecule has 0 aliphatic rings. The van der Waals surface area contributed by atoms with Crippen LogP contribution in [0, 0.1) is 6.92 Å². The number of carbonyl (C=O) groups is 2. The van der Waals surface area contributed by atoms with Crippen molar-refractivity contribution in [1.82, 2.24) is 10.2 Å². The zero-order valence-electron chi connectivity index (χ0n) is 14.9. The normalized spacial score (nSPS) is 10.7. The van der Waals surface area contributed by atoms with E-state index in [1.807, 2.05) is 23.8 Å². The third kappa shape index (κ3) is 4.38. The molecule has 0 saturated heterocycles. The summed E-state index contributed by atoms with van der Waals surface area (Å²) in [5.74, 6) is -0.618. The van der Waals surface area contributed by atoms with Crippen LogP contribution in [0.4, 0.5) is 10.1 Å². The summed E-state index contributed by atoms with van der Waals surface area (Å²) in [4.78, 5) is 25.6. The Kier molecular flexibility index (Phi) is 5.72. The van der Waals surface area contributed by atoms with Crippen LogP contribution in [0.3, 0.4) is 0 Å². The minimum absolute atomic E-state index is 0.293. The third-order valence-corrected chi connectivity index (χ3v) is 6.94. The first-order valence-corrected chi connectivity index (χ1v) is 11.3. The van der Waals surface area contributed by atoms with E-state index in [0.717, 1.165) is 16.1 Å². The Balaban J connectivity index is 1.47. The molecule has 4 rings (SSSR count). The molecule has 0 fully saturated rings. The number of anilines is 2. The van der Waals surface area contributed by atoms with E-state index in [9.17, 15) is 9.59 Å². The van der Waals surface area contributed by atoms with Crippen LogP contribution in [0.1, 0.15) is 25.6 Å². The standard InChI is InChI=1S/C19H13ClN4O2S3/c1-10-8-14(21-16(25)12-4-2-3-5-13(12)20)28-15(10)17(26)22-19-24-23-18(29-19)11-6-7-27-9-11/h2-9H,1H3,(H,21,25)(H,22,24,26). The van der Waals surface area contributed by atoms with E-state index >= 15 is 0 Å². The van der Waals surface area contributed by atoms with Crippen LogP contribution in [-0.4, -0.2) is 22.0 Å². The monoisotopic (exact) mass is 460 g/mol. The van der Waals surface area contributed by atoms with Crippen molar-refractivity contribution in [2.75, 3.05) is 10.6 Å². The van der Waals surface area contributed by atoms with E-state index in [0.29, 0.717) is 25.6 Å². The maximum absolute atomic E-state index is 12.7. The van der Waals surface area contributed by atoms with Gasteiger partial charge in [-0.05, 0) is 42.1 Å². The molecular formula is C19H13ClN4O2S3. The lowest BCUT2D eigenvalue weighted by molar-refractivity contribution is 0.102. The molecule has 4 aromatic rings. The Morgan fingerprint density at radius 2 is 1.86 bits per heavy atom. The summed E-state index contributed by atoms with van der Waals surface area (Å²) in [6.07, 6.45) is 0. The van der Waals surface area contributed by atoms with Crippen LogP contribution in [0.2, 0.25) is 5.02 Å². The van der Waals surface area contributed by atoms with E-state index in [-0.39, 0.29) is 11.8 Å². The van der Waals surface area contributed by atoms with Crippen LogP contribution in [-0.2, 0) is 0 Å². The molecule has 1 aromatic carbocycles. The molecule has 0 spiro atoms. The number of carbonyl (C=O) groups excluding carboxylic acids is 2. The maximum Gasteiger partial charge on any atom is 0.267 e. The Morgan fingerprint density at radius 1 is 1.03 bits per heavy atom. The lowest BCUT2D eigenvalue weighted by Crippen LogP contribution is -2.11. The van der Waals surface area contributed by atoms with Crippen molar-refractivity contribution in [2.24, 2.45) is 0 Å². The molecule has 0 aliphatic heterocycles. The van der Waals surface area contributed by atoms with Crippen LogP contribution in [0.15, 0.2) is 47.2 Å². The van der Waals surface area contributed by atoms with Gasteiger partial charge in [0.05, 0.1) is 20.5 Å². The van der Waals surface area contributed by atoms with Crippen molar-refractivity contribution in [3.63, 3.8) is 0 Å². The molecule has 0 radical (unpaired) electrons. The number of halogens is 1. The summed E-state index contributed by atoms with van der Waals surface area (Å²) < 4.78 is 0. The quantitative estimate of drug-likeness (QED) is 0.394. The van der Waals surface area contributed by atoms with E-state index in [4.69, 9.17) is 11.6 Å². The average molecular weight is 461 g/mol. The van der Waals surface area contributed by atoms with Crippen molar-refractivity contribution in [3.8, 4) is 10.6 Å². The molecule has 10 heteroatoms. The number of hydrogen-bond donors (Lipinski definition) is 2. The number of hydrogen-bond acceptors (Lipinski definition) is 7. The average Bonchev–Trinajstić information content (AvgIpc) is 3.43. The fourth-order valence-corrected chi connectivity index (χ4v) is 5.16. The summed E-state index contributed by atoms with van der Waals surface area (Å²) >= 11 is 10.1. The topological polar surface area (TPSA) is 84.0 Å². The first-order chi connectivity index (χ1) is 14.0. The van der Waals surface area contributed by atoms with E-state index in [1.165, 1.54) is 22.7 Å². The van der Waals surface area contributed by atoms with Gasteiger partial charge in [0.1, 0.15) is 5.01 Å². The summed E-state index contributed by atoms with van der Waals surface area (Å²) in [7, 11) is 0. The van der Waals surface area contributed by atoms with Crippen LogP contribution in [0.25, 0.3) is 10.6 Å². The molecule has 6 nitrogen and oxygen atoms in total. The summed E-state index contributed by atoms with van der Waals surface area (Å²) in [5.41, 5.74) is 2.11. The zero-order chi connectivity index (χ0) is 20.4. The van der Waals surface area contributed by atoms with Gasteiger partial charge in [0.25, 0.3) is 11.8 Å². The van der Waals surface area contributed by atoms with Crippen molar-refractivity contribution in [2.45, 2.75) is 6.92 Å². The Labute approximate surface area is 183 Å². The smallest absolute Gasteiger partial charge is 0.267 e. The van der Waals surface area contributed by atoms with Gasteiger partial charge in [-0.15, -0.1) is 21.5 Å². The highest BCUT2D eigenvalue weighted by atomic mass is 35.5. The van der Waals surface area contributed by atoms with Crippen LogP contribution >= 0.6 is 45.6 Å². The minimum atomic E-state index is -0.326. The number of nitrogens with one attached hydrogen (secondary N) is 2. The highest BCUT2D eigenvalue weighted by Gasteiger charge is 2.18. The van der Waals surface area contributed by atoms with Crippen LogP contribution < -0.4 is 10.6 Å². The molecule has 0 saturated carbocycles.